The Morgan fingerprint density at radius 2 is 1.96 bits per heavy atom. The normalized spacial score (nSPS) is 10.7. The highest BCUT2D eigenvalue weighted by molar-refractivity contribution is 9.10. The Hall–Kier alpha value is -2.72. The zero-order valence-electron chi connectivity index (χ0n) is 12.8. The van der Waals surface area contributed by atoms with Gasteiger partial charge in [-0.1, -0.05) is 15.9 Å². The first-order chi connectivity index (χ1) is 12.0. The Kier molecular flexibility index (Phi) is 6.66. The Morgan fingerprint density at radius 1 is 1.24 bits per heavy atom. The van der Waals surface area contributed by atoms with Crippen LogP contribution in [0.2, 0.25) is 0 Å². The summed E-state index contributed by atoms with van der Waals surface area (Å²) < 4.78 is 35.1. The third kappa shape index (κ3) is 5.69. The average molecular weight is 408 g/mol. The molecule has 2 aromatic carbocycles. The third-order valence-electron chi connectivity index (χ3n) is 3.04. The van der Waals surface area contributed by atoms with Gasteiger partial charge < -0.3 is 9.47 Å². The van der Waals surface area contributed by atoms with Crippen molar-refractivity contribution in [3.8, 4) is 17.6 Å². The van der Waals surface area contributed by atoms with Gasteiger partial charge in [0.15, 0.2) is 12.4 Å². The maximum atomic E-state index is 12.4. The molecule has 2 aromatic rings. The summed E-state index contributed by atoms with van der Waals surface area (Å²) in [6.45, 7) is -3.03. The van der Waals surface area contributed by atoms with Crippen LogP contribution in [0.4, 0.5) is 8.78 Å². The minimum Gasteiger partial charge on any atom is -0.479 e. The average Bonchev–Trinajstić information content (AvgIpc) is 2.60. The van der Waals surface area contributed by atoms with Crippen molar-refractivity contribution in [2.24, 2.45) is 0 Å². The van der Waals surface area contributed by atoms with Crippen LogP contribution in [0.25, 0.3) is 6.08 Å². The molecule has 0 unspecified atom stereocenters. The van der Waals surface area contributed by atoms with E-state index in [0.717, 1.165) is 0 Å². The van der Waals surface area contributed by atoms with Crippen molar-refractivity contribution in [1.29, 1.82) is 5.26 Å². The molecule has 0 aliphatic carbocycles. The second kappa shape index (κ2) is 8.94. The van der Waals surface area contributed by atoms with Gasteiger partial charge in [-0.3, -0.25) is 4.79 Å². The summed E-state index contributed by atoms with van der Waals surface area (Å²) in [6.07, 6.45) is 2.68. The van der Waals surface area contributed by atoms with Crippen LogP contribution < -0.4 is 9.47 Å². The smallest absolute Gasteiger partial charge is 0.387 e. The van der Waals surface area contributed by atoms with Gasteiger partial charge in [-0.05, 0) is 54.6 Å². The molecule has 128 valence electrons. The number of hydrogen-bond acceptors (Lipinski definition) is 4. The van der Waals surface area contributed by atoms with Gasteiger partial charge >= 0.3 is 6.61 Å². The SMILES string of the molecule is N#CCOc1ccc(C(=O)/C=C/c2cc(Br)ccc2OC(F)F)cc1. The van der Waals surface area contributed by atoms with Crippen LogP contribution in [0, 0.1) is 11.3 Å². The fourth-order valence-electron chi connectivity index (χ4n) is 1.95. The first-order valence-corrected chi connectivity index (χ1v) is 7.85. The number of allylic oxidation sites excluding steroid dienone is 1. The molecule has 0 atom stereocenters. The molecule has 0 amide bonds. The van der Waals surface area contributed by atoms with Crippen molar-refractivity contribution in [3.05, 3.63) is 64.1 Å². The van der Waals surface area contributed by atoms with Crippen LogP contribution in [-0.4, -0.2) is 19.0 Å². The van der Waals surface area contributed by atoms with Crippen molar-refractivity contribution < 1.29 is 23.0 Å². The van der Waals surface area contributed by atoms with Gasteiger partial charge in [0.05, 0.1) is 0 Å². The van der Waals surface area contributed by atoms with Gasteiger partial charge in [0, 0.05) is 15.6 Å². The van der Waals surface area contributed by atoms with Gasteiger partial charge in [0.25, 0.3) is 0 Å². The van der Waals surface area contributed by atoms with E-state index in [1.54, 1.807) is 36.4 Å². The zero-order valence-corrected chi connectivity index (χ0v) is 14.4. The summed E-state index contributed by atoms with van der Waals surface area (Å²) in [5, 5.41) is 8.45. The summed E-state index contributed by atoms with van der Waals surface area (Å²) in [7, 11) is 0. The van der Waals surface area contributed by atoms with E-state index in [0.29, 0.717) is 21.3 Å². The molecule has 25 heavy (non-hydrogen) atoms. The number of ether oxygens (including phenoxy) is 2. The number of nitriles is 1. The topological polar surface area (TPSA) is 59.3 Å². The molecular formula is C18H12BrF2NO3. The van der Waals surface area contributed by atoms with Crippen molar-refractivity contribution in [2.75, 3.05) is 6.61 Å². The number of carbonyl (C=O) groups is 1. The molecule has 0 radical (unpaired) electrons. The van der Waals surface area contributed by atoms with Gasteiger partial charge in [0.2, 0.25) is 0 Å². The molecule has 0 aliphatic heterocycles. The van der Waals surface area contributed by atoms with Crippen molar-refractivity contribution in [1.82, 2.24) is 0 Å². The second-order valence-corrected chi connectivity index (χ2v) is 5.65. The standard InChI is InChI=1S/C18H12BrF2NO3/c19-14-4-8-17(25-18(20)21)13(11-14)3-7-16(23)12-1-5-15(6-2-12)24-10-9-22/h1-8,11,18H,10H2/b7-3+. The maximum absolute atomic E-state index is 12.4. The van der Waals surface area contributed by atoms with E-state index in [2.05, 4.69) is 20.7 Å². The third-order valence-corrected chi connectivity index (χ3v) is 3.54. The predicted molar refractivity (Wildman–Crippen MR) is 91.7 cm³/mol. The molecule has 2 rings (SSSR count). The van der Waals surface area contributed by atoms with Gasteiger partial charge in [-0.25, -0.2) is 0 Å². The highest BCUT2D eigenvalue weighted by Crippen LogP contribution is 2.26. The molecule has 4 nitrogen and oxygen atoms in total. The van der Waals surface area contributed by atoms with Crippen LogP contribution in [0.3, 0.4) is 0 Å². The zero-order chi connectivity index (χ0) is 18.2. The lowest BCUT2D eigenvalue weighted by molar-refractivity contribution is -0.0499. The number of benzene rings is 2. The van der Waals surface area contributed by atoms with Crippen LogP contribution in [0.15, 0.2) is 53.0 Å². The highest BCUT2D eigenvalue weighted by Gasteiger charge is 2.09. The summed E-state index contributed by atoms with van der Waals surface area (Å²) in [6, 6.07) is 12.6. The first kappa shape index (κ1) is 18.6. The molecule has 0 spiro atoms. The number of halogens is 3. The molecule has 0 bridgehead atoms. The minimum atomic E-state index is -2.95. The quantitative estimate of drug-likeness (QED) is 0.486. The van der Waals surface area contributed by atoms with Gasteiger partial charge in [-0.15, -0.1) is 0 Å². The number of rotatable bonds is 7. The molecule has 0 fully saturated rings. The van der Waals surface area contributed by atoms with E-state index in [1.807, 2.05) is 6.07 Å². The lowest BCUT2D eigenvalue weighted by Crippen LogP contribution is -2.03. The Balaban J connectivity index is 2.14. The first-order valence-electron chi connectivity index (χ1n) is 7.06. The molecule has 0 saturated carbocycles. The number of ketones is 1. The lowest BCUT2D eigenvalue weighted by atomic mass is 10.1. The van der Waals surface area contributed by atoms with Crippen molar-refractivity contribution >= 4 is 27.8 Å². The summed E-state index contributed by atoms with van der Waals surface area (Å²) in [4.78, 5) is 12.2. The predicted octanol–water partition coefficient (Wildman–Crippen LogP) is 4.85. The van der Waals surface area contributed by atoms with Crippen molar-refractivity contribution in [3.63, 3.8) is 0 Å². The summed E-state index contributed by atoms with van der Waals surface area (Å²) >= 11 is 3.24. The molecule has 0 aliphatic rings. The Bertz CT molecular complexity index is 814. The van der Waals surface area contributed by atoms with E-state index in [9.17, 15) is 13.6 Å². The van der Waals surface area contributed by atoms with Crippen LogP contribution in [-0.2, 0) is 0 Å². The number of nitrogens with zero attached hydrogens (tertiary/aromatic N) is 1. The maximum Gasteiger partial charge on any atom is 0.387 e. The van der Waals surface area contributed by atoms with E-state index in [1.165, 1.54) is 18.2 Å². The van der Waals surface area contributed by atoms with E-state index in [-0.39, 0.29) is 18.1 Å². The van der Waals surface area contributed by atoms with E-state index in [4.69, 9.17) is 10.00 Å². The number of alkyl halides is 2. The van der Waals surface area contributed by atoms with E-state index < -0.39 is 6.61 Å². The second-order valence-electron chi connectivity index (χ2n) is 4.73. The monoisotopic (exact) mass is 407 g/mol. The molecule has 0 heterocycles. The fraction of sp³-hybridized carbons (Fsp3) is 0.111. The lowest BCUT2D eigenvalue weighted by Gasteiger charge is -2.08. The Morgan fingerprint density at radius 3 is 2.60 bits per heavy atom. The number of hydrogen-bond donors (Lipinski definition) is 0. The van der Waals surface area contributed by atoms with Crippen LogP contribution in [0.5, 0.6) is 11.5 Å². The van der Waals surface area contributed by atoms with E-state index >= 15 is 0 Å². The highest BCUT2D eigenvalue weighted by atomic mass is 79.9. The molecule has 0 aromatic heterocycles. The van der Waals surface area contributed by atoms with Crippen molar-refractivity contribution in [2.45, 2.75) is 6.61 Å². The Labute approximate surface area is 151 Å². The number of carbonyl (C=O) groups excluding carboxylic acids is 1. The molecule has 0 N–H and O–H groups in total. The molecular weight excluding hydrogens is 396 g/mol. The summed E-state index contributed by atoms with van der Waals surface area (Å²) in [5.41, 5.74) is 0.740. The van der Waals surface area contributed by atoms with Gasteiger partial charge in [-0.2, -0.15) is 14.0 Å². The van der Waals surface area contributed by atoms with Crippen LogP contribution >= 0.6 is 15.9 Å². The van der Waals surface area contributed by atoms with Crippen LogP contribution in [0.1, 0.15) is 15.9 Å². The summed E-state index contributed by atoms with van der Waals surface area (Å²) in [5.74, 6) is 0.138. The molecule has 7 heteroatoms. The minimum absolute atomic E-state index is 0.0255. The fourth-order valence-corrected chi connectivity index (χ4v) is 2.32. The van der Waals surface area contributed by atoms with Gasteiger partial charge in [0.1, 0.15) is 17.6 Å². The largest absolute Gasteiger partial charge is 0.479 e. The molecule has 0 saturated heterocycles.